The van der Waals surface area contributed by atoms with Gasteiger partial charge in [0.15, 0.2) is 11.5 Å². The number of fused-ring (bicyclic) bond motifs is 1. The Bertz CT molecular complexity index is 575. The smallest absolute Gasteiger partial charge is 0.238 e. The molecular weight excluding hydrogens is 286 g/mol. The first kappa shape index (κ1) is 16.0. The van der Waals surface area contributed by atoms with Crippen LogP contribution < -0.4 is 9.47 Å². The number of rotatable bonds is 4. The van der Waals surface area contributed by atoms with Gasteiger partial charge in [0.05, 0.1) is 4.75 Å². The summed E-state index contributed by atoms with van der Waals surface area (Å²) in [6.07, 6.45) is 1.42. The first-order valence-corrected chi connectivity index (χ1v) is 8.29. The fraction of sp³-hybridized carbons (Fsp3) is 0.562. The Kier molecular flexibility index (Phi) is 4.71. The molecule has 116 valence electrons. The molecule has 0 radical (unpaired) electrons. The van der Waals surface area contributed by atoms with E-state index in [4.69, 9.17) is 9.47 Å². The molecule has 4 nitrogen and oxygen atoms in total. The summed E-state index contributed by atoms with van der Waals surface area (Å²) in [5.74, 6) is 1.60. The van der Waals surface area contributed by atoms with Gasteiger partial charge in [0.1, 0.15) is 11.0 Å². The average molecular weight is 309 g/mol. The Morgan fingerprint density at radius 3 is 2.62 bits per heavy atom. The molecule has 21 heavy (non-hydrogen) atoms. The molecule has 0 bridgehead atoms. The highest BCUT2D eigenvalue weighted by Crippen LogP contribution is 2.35. The molecule has 0 N–H and O–H groups in total. The predicted molar refractivity (Wildman–Crippen MR) is 86.5 cm³/mol. The fourth-order valence-electron chi connectivity index (χ4n) is 1.93. The summed E-state index contributed by atoms with van der Waals surface area (Å²) in [7, 11) is -1.19. The van der Waals surface area contributed by atoms with Crippen molar-refractivity contribution in [1.29, 1.82) is 0 Å². The maximum atomic E-state index is 12.0. The molecule has 1 aromatic rings. The Morgan fingerprint density at radius 2 is 1.95 bits per heavy atom. The minimum absolute atomic E-state index is 0.215. The third-order valence-corrected chi connectivity index (χ3v) is 4.66. The largest absolute Gasteiger partial charge is 0.451 e. The van der Waals surface area contributed by atoms with Gasteiger partial charge in [-0.3, -0.25) is 0 Å². The Morgan fingerprint density at radius 1 is 1.29 bits per heavy atom. The summed E-state index contributed by atoms with van der Waals surface area (Å²) in [4.78, 5) is 0. The van der Waals surface area contributed by atoms with Crippen molar-refractivity contribution < 1.29 is 13.7 Å². The van der Waals surface area contributed by atoms with Crippen molar-refractivity contribution in [2.24, 2.45) is 4.40 Å². The molecule has 2 rings (SSSR count). The van der Waals surface area contributed by atoms with Crippen LogP contribution in [0.15, 0.2) is 22.6 Å². The molecule has 0 fully saturated rings. The normalized spacial score (nSPS) is 19.7. The van der Waals surface area contributed by atoms with Crippen molar-refractivity contribution in [2.75, 3.05) is 0 Å². The standard InChI is InChI=1S/C16H23NO3S/c1-11(17-21(18)16(3,4)5)6-7-13-8-9-14-15(10-13)20-12(2)19-14/h8-10,12H,6-7H2,1-5H3/t12?,21-/m0/s1. The van der Waals surface area contributed by atoms with E-state index in [-0.39, 0.29) is 11.0 Å². The van der Waals surface area contributed by atoms with E-state index in [1.165, 1.54) is 5.56 Å². The molecule has 5 heteroatoms. The van der Waals surface area contributed by atoms with Crippen molar-refractivity contribution in [3.63, 3.8) is 0 Å². The van der Waals surface area contributed by atoms with E-state index in [0.29, 0.717) is 0 Å². The summed E-state index contributed by atoms with van der Waals surface area (Å²) in [5, 5.41) is 0. The van der Waals surface area contributed by atoms with Crippen LogP contribution in [0.3, 0.4) is 0 Å². The van der Waals surface area contributed by atoms with Gasteiger partial charge in [-0.25, -0.2) is 4.21 Å². The predicted octanol–water partition coefficient (Wildman–Crippen LogP) is 3.66. The second kappa shape index (κ2) is 6.18. The van der Waals surface area contributed by atoms with Gasteiger partial charge in [-0.15, -0.1) is 0 Å². The highest BCUT2D eigenvalue weighted by molar-refractivity contribution is 7.85. The molecule has 1 aliphatic heterocycles. The average Bonchev–Trinajstić information content (AvgIpc) is 2.74. The number of hydrogen-bond donors (Lipinski definition) is 0. The van der Waals surface area contributed by atoms with Gasteiger partial charge in [0.2, 0.25) is 6.29 Å². The highest BCUT2D eigenvalue weighted by atomic mass is 32.2. The lowest BCUT2D eigenvalue weighted by atomic mass is 10.1. The lowest BCUT2D eigenvalue weighted by molar-refractivity contribution is 0.0678. The van der Waals surface area contributed by atoms with Gasteiger partial charge in [-0.05, 0) is 58.2 Å². The number of aryl methyl sites for hydroxylation is 1. The van der Waals surface area contributed by atoms with E-state index in [1.54, 1.807) is 0 Å². The lowest BCUT2D eigenvalue weighted by Gasteiger charge is -2.14. The van der Waals surface area contributed by atoms with Gasteiger partial charge in [0, 0.05) is 12.6 Å². The van der Waals surface area contributed by atoms with Crippen LogP contribution in [0.25, 0.3) is 0 Å². The van der Waals surface area contributed by atoms with Gasteiger partial charge in [0.25, 0.3) is 0 Å². The van der Waals surface area contributed by atoms with Gasteiger partial charge in [-0.1, -0.05) is 6.07 Å². The van der Waals surface area contributed by atoms with Crippen molar-refractivity contribution in [2.45, 2.75) is 58.5 Å². The van der Waals surface area contributed by atoms with Crippen LogP contribution in [0.2, 0.25) is 0 Å². The summed E-state index contributed by atoms with van der Waals surface area (Å²) >= 11 is 0. The molecule has 0 aliphatic carbocycles. The number of benzene rings is 1. The van der Waals surface area contributed by atoms with E-state index >= 15 is 0 Å². The SMILES string of the molecule is CC(CCc1ccc2c(c1)OC(C)O2)=N[S@@](=O)C(C)(C)C. The topological polar surface area (TPSA) is 47.9 Å². The first-order chi connectivity index (χ1) is 9.75. The van der Waals surface area contributed by atoms with Crippen LogP contribution in [-0.4, -0.2) is 21.0 Å². The third-order valence-electron chi connectivity index (χ3n) is 3.13. The molecule has 0 saturated carbocycles. The number of ether oxygens (including phenoxy) is 2. The van der Waals surface area contributed by atoms with Gasteiger partial charge < -0.3 is 9.47 Å². The number of nitrogens with zero attached hydrogens (tertiary/aromatic N) is 1. The van der Waals surface area contributed by atoms with E-state index in [9.17, 15) is 4.21 Å². The molecule has 1 aromatic carbocycles. The summed E-state index contributed by atoms with van der Waals surface area (Å²) in [6, 6.07) is 5.98. The molecule has 2 atom stereocenters. The Labute approximate surface area is 129 Å². The molecule has 1 aliphatic rings. The molecule has 0 saturated heterocycles. The summed E-state index contributed by atoms with van der Waals surface area (Å²) < 4.78 is 27.0. The summed E-state index contributed by atoms with van der Waals surface area (Å²) in [6.45, 7) is 9.59. The highest BCUT2D eigenvalue weighted by Gasteiger charge is 2.20. The van der Waals surface area contributed by atoms with E-state index < -0.39 is 11.0 Å². The minimum Gasteiger partial charge on any atom is -0.451 e. The molecule has 1 unspecified atom stereocenters. The fourth-order valence-corrected chi connectivity index (χ4v) is 2.58. The third kappa shape index (κ3) is 4.30. The Hall–Kier alpha value is -1.36. The second-order valence-corrected chi connectivity index (χ2v) is 8.18. The van der Waals surface area contributed by atoms with Gasteiger partial charge in [-0.2, -0.15) is 4.40 Å². The van der Waals surface area contributed by atoms with Crippen molar-refractivity contribution in [3.8, 4) is 11.5 Å². The monoisotopic (exact) mass is 309 g/mol. The zero-order valence-electron chi connectivity index (χ0n) is 13.3. The van der Waals surface area contributed by atoms with Crippen molar-refractivity contribution in [1.82, 2.24) is 0 Å². The van der Waals surface area contributed by atoms with Crippen molar-refractivity contribution in [3.05, 3.63) is 23.8 Å². The maximum Gasteiger partial charge on any atom is 0.238 e. The second-order valence-electron chi connectivity index (χ2n) is 6.27. The van der Waals surface area contributed by atoms with E-state index in [0.717, 1.165) is 30.1 Å². The van der Waals surface area contributed by atoms with E-state index in [2.05, 4.69) is 4.40 Å². The first-order valence-electron chi connectivity index (χ1n) is 7.18. The Balaban J connectivity index is 1.96. The zero-order chi connectivity index (χ0) is 15.6. The van der Waals surface area contributed by atoms with Crippen LogP contribution >= 0.6 is 0 Å². The van der Waals surface area contributed by atoms with Crippen LogP contribution in [0, 0.1) is 0 Å². The van der Waals surface area contributed by atoms with Crippen LogP contribution in [-0.2, 0) is 17.4 Å². The molecule has 1 heterocycles. The minimum atomic E-state index is -1.19. The molecule has 0 aromatic heterocycles. The molecule has 0 amide bonds. The number of hydrogen-bond acceptors (Lipinski definition) is 3. The zero-order valence-corrected chi connectivity index (χ0v) is 14.1. The van der Waals surface area contributed by atoms with Crippen LogP contribution in [0.4, 0.5) is 0 Å². The lowest BCUT2D eigenvalue weighted by Crippen LogP contribution is -2.20. The molecule has 0 spiro atoms. The van der Waals surface area contributed by atoms with Crippen molar-refractivity contribution >= 4 is 16.7 Å². The maximum absolute atomic E-state index is 12.0. The van der Waals surface area contributed by atoms with E-state index in [1.807, 2.05) is 52.8 Å². The van der Waals surface area contributed by atoms with Gasteiger partial charge >= 0.3 is 0 Å². The molecular formula is C16H23NO3S. The van der Waals surface area contributed by atoms with Crippen LogP contribution in [0.1, 0.15) is 46.6 Å². The quantitative estimate of drug-likeness (QED) is 0.797. The summed E-state index contributed by atoms with van der Waals surface area (Å²) in [5.41, 5.74) is 2.08. The van der Waals surface area contributed by atoms with Crippen LogP contribution in [0.5, 0.6) is 11.5 Å².